The van der Waals surface area contributed by atoms with Gasteiger partial charge in [-0.15, -0.1) is 0 Å². The van der Waals surface area contributed by atoms with Crippen LogP contribution in [0.25, 0.3) is 22.0 Å². The minimum absolute atomic E-state index is 0.0277. The maximum Gasteiger partial charge on any atom is 0.232 e. The monoisotopic (exact) mass is 618 g/mol. The van der Waals surface area contributed by atoms with E-state index >= 15 is 4.39 Å². The van der Waals surface area contributed by atoms with Gasteiger partial charge in [-0.05, 0) is 37.1 Å². The zero-order valence-corrected chi connectivity index (χ0v) is 24.2. The van der Waals surface area contributed by atoms with Gasteiger partial charge in [0.05, 0.1) is 28.1 Å². The van der Waals surface area contributed by atoms with Crippen molar-refractivity contribution in [3.05, 3.63) is 65.7 Å². The lowest BCUT2D eigenvalue weighted by Gasteiger charge is -2.26. The first kappa shape index (κ1) is 30.4. The number of nitrogens with zero attached hydrogens (tertiary/aromatic N) is 3. The molecular formula is C29H30F4N6O3S. The van der Waals surface area contributed by atoms with E-state index in [1.165, 1.54) is 24.5 Å². The molecule has 1 saturated heterocycles. The Hall–Kier alpha value is -4.04. The number of aromatic nitrogens is 3. The number of benzene rings is 2. The second-order valence-electron chi connectivity index (χ2n) is 10.3. The topological polar surface area (TPSA) is 118 Å². The minimum atomic E-state index is -4.06. The normalized spacial score (nSPS) is 17.2. The number of ether oxygens (including phenoxy) is 1. The highest BCUT2D eigenvalue weighted by Gasteiger charge is 2.27. The second kappa shape index (κ2) is 12.7. The molecular weight excluding hydrogens is 588 g/mol. The number of hydrogen-bond acceptors (Lipinski definition) is 8. The van der Waals surface area contributed by atoms with Gasteiger partial charge in [0.15, 0.2) is 17.5 Å². The third kappa shape index (κ3) is 6.64. The Morgan fingerprint density at radius 2 is 1.86 bits per heavy atom. The van der Waals surface area contributed by atoms with Gasteiger partial charge in [-0.1, -0.05) is 25.5 Å². The zero-order chi connectivity index (χ0) is 30.7. The molecule has 1 fully saturated rings. The van der Waals surface area contributed by atoms with Crippen LogP contribution in [0.1, 0.15) is 31.7 Å². The quantitative estimate of drug-likeness (QED) is 0.149. The number of anilines is 2. The maximum absolute atomic E-state index is 15.4. The average Bonchev–Trinajstić information content (AvgIpc) is 2.98. The highest BCUT2D eigenvalue weighted by molar-refractivity contribution is 7.92. The van der Waals surface area contributed by atoms with Crippen LogP contribution in [0, 0.1) is 24.4 Å². The molecule has 3 heterocycles. The van der Waals surface area contributed by atoms with E-state index in [1.54, 1.807) is 32.0 Å². The van der Waals surface area contributed by atoms with E-state index in [4.69, 9.17) is 4.74 Å². The van der Waals surface area contributed by atoms with Crippen molar-refractivity contribution in [3.8, 4) is 22.9 Å². The summed E-state index contributed by atoms with van der Waals surface area (Å²) in [5.41, 5.74) is 0.388. The summed E-state index contributed by atoms with van der Waals surface area (Å²) in [7, 11) is -4.06. The molecule has 43 heavy (non-hydrogen) atoms. The molecule has 2 aromatic carbocycles. The van der Waals surface area contributed by atoms with E-state index in [0.29, 0.717) is 42.6 Å². The Kier molecular flexibility index (Phi) is 8.97. The third-order valence-corrected chi connectivity index (χ3v) is 8.35. The third-order valence-electron chi connectivity index (χ3n) is 7.00. The molecule has 0 unspecified atom stereocenters. The van der Waals surface area contributed by atoms with Crippen molar-refractivity contribution in [2.75, 3.05) is 28.9 Å². The summed E-state index contributed by atoms with van der Waals surface area (Å²) >= 11 is 0. The van der Waals surface area contributed by atoms with Crippen molar-refractivity contribution < 1.29 is 30.7 Å². The van der Waals surface area contributed by atoms with Gasteiger partial charge in [-0.25, -0.2) is 40.9 Å². The van der Waals surface area contributed by atoms with Gasteiger partial charge >= 0.3 is 0 Å². The SMILES string of the molecule is CCCCS(=O)(=O)Nc1c(F)c(F)c(F)c2c(Oc3ncccc3-c3ccnc(N[C@@H]4CNC[C@@H](F)C4)n3)c(C)ccc12. The number of fused-ring (bicyclic) bond motifs is 1. The van der Waals surface area contributed by atoms with Crippen LogP contribution in [0.5, 0.6) is 11.6 Å². The van der Waals surface area contributed by atoms with Crippen molar-refractivity contribution in [1.82, 2.24) is 20.3 Å². The van der Waals surface area contributed by atoms with Crippen LogP contribution in [0.4, 0.5) is 29.2 Å². The first-order valence-electron chi connectivity index (χ1n) is 13.8. The van der Waals surface area contributed by atoms with E-state index in [1.807, 2.05) is 0 Å². The first-order valence-corrected chi connectivity index (χ1v) is 15.4. The van der Waals surface area contributed by atoms with Gasteiger partial charge in [-0.2, -0.15) is 0 Å². The summed E-state index contributed by atoms with van der Waals surface area (Å²) in [6, 6.07) is 7.42. The summed E-state index contributed by atoms with van der Waals surface area (Å²) in [5, 5.41) is 5.43. The Morgan fingerprint density at radius 1 is 1.05 bits per heavy atom. The summed E-state index contributed by atoms with van der Waals surface area (Å²) in [4.78, 5) is 13.0. The summed E-state index contributed by atoms with van der Waals surface area (Å²) in [6.07, 6.45) is 3.08. The molecule has 1 aliphatic rings. The molecule has 14 heteroatoms. The molecule has 1 aliphatic heterocycles. The number of aryl methyl sites for hydroxylation is 1. The molecule has 0 spiro atoms. The Morgan fingerprint density at radius 3 is 2.63 bits per heavy atom. The Bertz CT molecular complexity index is 1760. The van der Waals surface area contributed by atoms with Crippen LogP contribution in [0.3, 0.4) is 0 Å². The Labute approximate surface area is 246 Å². The lowest BCUT2D eigenvalue weighted by molar-refractivity contribution is 0.254. The first-order chi connectivity index (χ1) is 20.6. The summed E-state index contributed by atoms with van der Waals surface area (Å²) < 4.78 is 92.5. The molecule has 0 amide bonds. The van der Waals surface area contributed by atoms with E-state index in [-0.39, 0.29) is 41.3 Å². The number of unbranched alkanes of at least 4 members (excludes halogenated alkanes) is 1. The molecule has 9 nitrogen and oxygen atoms in total. The van der Waals surface area contributed by atoms with Gasteiger partial charge in [0.25, 0.3) is 0 Å². The smallest absolute Gasteiger partial charge is 0.232 e. The number of halogens is 4. The van der Waals surface area contributed by atoms with Crippen LogP contribution in [-0.2, 0) is 10.0 Å². The fraction of sp³-hybridized carbons (Fsp3) is 0.345. The molecule has 0 aliphatic carbocycles. The highest BCUT2D eigenvalue weighted by atomic mass is 32.2. The van der Waals surface area contributed by atoms with Gasteiger partial charge in [-0.3, -0.25) is 4.72 Å². The van der Waals surface area contributed by atoms with Crippen molar-refractivity contribution in [2.45, 2.75) is 45.3 Å². The molecule has 0 saturated carbocycles. The fourth-order valence-corrected chi connectivity index (χ4v) is 6.12. The van der Waals surface area contributed by atoms with Gasteiger partial charge in [0, 0.05) is 43.3 Å². The predicted octanol–water partition coefficient (Wildman–Crippen LogP) is 5.86. The molecule has 0 bridgehead atoms. The Balaban J connectivity index is 1.55. The fourth-order valence-electron chi connectivity index (χ4n) is 4.84. The van der Waals surface area contributed by atoms with Crippen LogP contribution in [-0.4, -0.2) is 54.4 Å². The lowest BCUT2D eigenvalue weighted by Crippen LogP contribution is -2.44. The molecule has 4 aromatic rings. The van der Waals surface area contributed by atoms with Crippen LogP contribution in [0.15, 0.2) is 42.7 Å². The van der Waals surface area contributed by atoms with Gasteiger partial charge in [0.1, 0.15) is 11.9 Å². The number of sulfonamides is 1. The van der Waals surface area contributed by atoms with Crippen molar-refractivity contribution in [2.24, 2.45) is 0 Å². The second-order valence-corrected chi connectivity index (χ2v) is 12.1. The molecule has 3 N–H and O–H groups in total. The van der Waals surface area contributed by atoms with Crippen LogP contribution < -0.4 is 20.1 Å². The van der Waals surface area contributed by atoms with Crippen LogP contribution in [0.2, 0.25) is 0 Å². The van der Waals surface area contributed by atoms with Crippen molar-refractivity contribution in [3.63, 3.8) is 0 Å². The van der Waals surface area contributed by atoms with Crippen molar-refractivity contribution >= 4 is 32.4 Å². The van der Waals surface area contributed by atoms with Crippen molar-refractivity contribution in [1.29, 1.82) is 0 Å². The summed E-state index contributed by atoms with van der Waals surface area (Å²) in [5.74, 6) is -5.34. The number of alkyl halides is 1. The van der Waals surface area contributed by atoms with Gasteiger partial charge < -0.3 is 15.4 Å². The average molecular weight is 619 g/mol. The number of pyridine rings is 1. The molecule has 5 rings (SSSR count). The van der Waals surface area contributed by atoms with Gasteiger partial charge in [0.2, 0.25) is 21.9 Å². The van der Waals surface area contributed by atoms with E-state index in [9.17, 15) is 21.6 Å². The molecule has 228 valence electrons. The maximum atomic E-state index is 15.4. The number of rotatable bonds is 10. The van der Waals surface area contributed by atoms with E-state index in [0.717, 1.165) is 0 Å². The highest BCUT2D eigenvalue weighted by Crippen LogP contribution is 2.42. The largest absolute Gasteiger partial charge is 0.437 e. The molecule has 2 atom stereocenters. The molecule has 2 aromatic heterocycles. The van der Waals surface area contributed by atoms with E-state index < -0.39 is 44.7 Å². The number of piperidine rings is 1. The summed E-state index contributed by atoms with van der Waals surface area (Å²) in [6.45, 7) is 4.18. The minimum Gasteiger partial charge on any atom is -0.437 e. The standard InChI is InChI=1S/C29H30F4N6O3S/c1-3-4-12-43(40,41)39-26-20-8-7-16(2)27(22(20)23(31)24(32)25(26)33)42-28-19(6-5-10-35-28)21-9-11-36-29(38-21)37-18-13-17(30)14-34-15-18/h5-11,17-18,34,39H,3-4,12-15H2,1-2H3,(H,36,37,38)/t17-,18-/m0/s1. The van der Waals surface area contributed by atoms with E-state index in [2.05, 4.69) is 30.3 Å². The lowest BCUT2D eigenvalue weighted by atomic mass is 10.0. The van der Waals surface area contributed by atoms with Crippen LogP contribution >= 0.6 is 0 Å². The predicted molar refractivity (Wildman–Crippen MR) is 156 cm³/mol. The number of hydrogen-bond donors (Lipinski definition) is 3. The zero-order valence-electron chi connectivity index (χ0n) is 23.4. The molecule has 0 radical (unpaired) electrons. The number of nitrogens with one attached hydrogen (secondary N) is 3.